The van der Waals surface area contributed by atoms with Crippen molar-refractivity contribution in [2.75, 3.05) is 26.9 Å². The van der Waals surface area contributed by atoms with Crippen LogP contribution in [-0.4, -0.2) is 44.8 Å². The minimum atomic E-state index is -0.306. The Bertz CT molecular complexity index is 789. The molecule has 2 aromatic carbocycles. The summed E-state index contributed by atoms with van der Waals surface area (Å²) in [5, 5.41) is 2.77. The van der Waals surface area contributed by atoms with Gasteiger partial charge >= 0.3 is 5.97 Å². The van der Waals surface area contributed by atoms with E-state index in [9.17, 15) is 9.59 Å². The number of para-hydroxylation sites is 2. The van der Waals surface area contributed by atoms with E-state index in [4.69, 9.17) is 14.2 Å². The zero-order valence-corrected chi connectivity index (χ0v) is 15.0. The van der Waals surface area contributed by atoms with Crippen LogP contribution in [0.5, 0.6) is 17.2 Å². The molecule has 142 valence electrons. The Labute approximate surface area is 157 Å². The molecule has 1 N–H and O–H groups in total. The highest BCUT2D eigenvalue weighted by molar-refractivity contribution is 5.77. The molecule has 1 atom stereocenters. The van der Waals surface area contributed by atoms with Crippen molar-refractivity contribution in [1.29, 1.82) is 0 Å². The summed E-state index contributed by atoms with van der Waals surface area (Å²) in [6.45, 7) is 0.592. The molecule has 1 amide bonds. The maximum absolute atomic E-state index is 12.0. The third-order valence-electron chi connectivity index (χ3n) is 3.96. The fraction of sp³-hybridized carbons (Fsp3) is 0.300. The normalized spacial score (nSPS) is 14.9. The van der Waals surface area contributed by atoms with Crippen molar-refractivity contribution in [2.24, 2.45) is 0 Å². The van der Waals surface area contributed by atoms with Gasteiger partial charge in [-0.1, -0.05) is 24.3 Å². The van der Waals surface area contributed by atoms with Gasteiger partial charge in [-0.25, -0.2) is 0 Å². The molecule has 3 rings (SSSR count). The van der Waals surface area contributed by atoms with E-state index in [-0.39, 0.29) is 31.0 Å². The fourth-order valence-electron chi connectivity index (χ4n) is 2.53. The number of ether oxygens (including phenoxy) is 4. The van der Waals surface area contributed by atoms with Crippen LogP contribution in [-0.2, 0) is 20.7 Å². The molecule has 1 heterocycles. The Balaban J connectivity index is 1.39. The third-order valence-corrected chi connectivity index (χ3v) is 3.96. The predicted molar refractivity (Wildman–Crippen MR) is 97.0 cm³/mol. The van der Waals surface area contributed by atoms with Gasteiger partial charge in [-0.05, 0) is 29.8 Å². The maximum Gasteiger partial charge on any atom is 0.309 e. The van der Waals surface area contributed by atoms with Crippen LogP contribution >= 0.6 is 0 Å². The van der Waals surface area contributed by atoms with Gasteiger partial charge in [0.1, 0.15) is 18.5 Å². The van der Waals surface area contributed by atoms with Crippen LogP contribution in [0.15, 0.2) is 48.5 Å². The molecular weight excluding hydrogens is 350 g/mol. The van der Waals surface area contributed by atoms with Gasteiger partial charge in [0.25, 0.3) is 5.91 Å². The summed E-state index contributed by atoms with van der Waals surface area (Å²) < 4.78 is 21.5. The lowest BCUT2D eigenvalue weighted by molar-refractivity contribution is -0.139. The highest BCUT2D eigenvalue weighted by Gasteiger charge is 2.21. The molecule has 2 aromatic rings. The monoisotopic (exact) mass is 371 g/mol. The van der Waals surface area contributed by atoms with Crippen molar-refractivity contribution < 1.29 is 28.5 Å². The molecule has 7 nitrogen and oxygen atoms in total. The number of hydrogen-bond acceptors (Lipinski definition) is 6. The minimum Gasteiger partial charge on any atom is -0.486 e. The number of nitrogens with one attached hydrogen (secondary N) is 1. The fourth-order valence-corrected chi connectivity index (χ4v) is 2.53. The van der Waals surface area contributed by atoms with Crippen LogP contribution in [0.4, 0.5) is 0 Å². The van der Waals surface area contributed by atoms with Crippen molar-refractivity contribution in [3.63, 3.8) is 0 Å². The van der Waals surface area contributed by atoms with Crippen LogP contribution in [0.3, 0.4) is 0 Å². The number of rotatable bonds is 7. The standard InChI is InChI=1S/C20H21NO6/c1-24-20(23)10-14-6-8-15(9-7-14)25-13-19(22)21-11-16-12-26-17-4-2-3-5-18(17)27-16/h2-9,16H,10-13H2,1H3,(H,21,22). The first-order valence-electron chi connectivity index (χ1n) is 8.58. The van der Waals surface area contributed by atoms with E-state index >= 15 is 0 Å². The lowest BCUT2D eigenvalue weighted by Crippen LogP contribution is -2.42. The van der Waals surface area contributed by atoms with Crippen LogP contribution in [0, 0.1) is 0 Å². The Morgan fingerprint density at radius 1 is 1.11 bits per heavy atom. The number of methoxy groups -OCH3 is 1. The number of carbonyl (C=O) groups is 2. The van der Waals surface area contributed by atoms with Crippen molar-refractivity contribution in [2.45, 2.75) is 12.5 Å². The lowest BCUT2D eigenvalue weighted by atomic mass is 10.1. The van der Waals surface area contributed by atoms with E-state index in [0.29, 0.717) is 30.4 Å². The summed E-state index contributed by atoms with van der Waals surface area (Å²) in [4.78, 5) is 23.2. The van der Waals surface area contributed by atoms with E-state index in [1.165, 1.54) is 7.11 Å². The van der Waals surface area contributed by atoms with E-state index in [0.717, 1.165) is 5.56 Å². The van der Waals surface area contributed by atoms with Gasteiger partial charge in [0, 0.05) is 0 Å². The first-order chi connectivity index (χ1) is 13.1. The number of carbonyl (C=O) groups excluding carboxylic acids is 2. The van der Waals surface area contributed by atoms with Crippen molar-refractivity contribution in [3.05, 3.63) is 54.1 Å². The molecule has 27 heavy (non-hydrogen) atoms. The SMILES string of the molecule is COC(=O)Cc1ccc(OCC(=O)NCC2COc3ccccc3O2)cc1. The number of fused-ring (bicyclic) bond motifs is 1. The van der Waals surface area contributed by atoms with Crippen molar-refractivity contribution in [3.8, 4) is 17.2 Å². The molecular formula is C20H21NO6. The zero-order valence-electron chi connectivity index (χ0n) is 15.0. The first-order valence-corrected chi connectivity index (χ1v) is 8.58. The molecule has 0 spiro atoms. The van der Waals surface area contributed by atoms with Crippen molar-refractivity contribution in [1.82, 2.24) is 5.32 Å². The van der Waals surface area contributed by atoms with E-state index < -0.39 is 0 Å². The summed E-state index contributed by atoms with van der Waals surface area (Å²) in [5.74, 6) is 1.37. The smallest absolute Gasteiger partial charge is 0.309 e. The maximum atomic E-state index is 12.0. The second-order valence-electron chi connectivity index (χ2n) is 5.99. The molecule has 0 saturated carbocycles. The molecule has 0 saturated heterocycles. The highest BCUT2D eigenvalue weighted by Crippen LogP contribution is 2.30. The average molecular weight is 371 g/mol. The Morgan fingerprint density at radius 2 is 1.85 bits per heavy atom. The van der Waals surface area contributed by atoms with Crippen LogP contribution in [0.25, 0.3) is 0 Å². The second kappa shape index (κ2) is 8.93. The molecule has 1 aliphatic rings. The second-order valence-corrected chi connectivity index (χ2v) is 5.99. The van der Waals surface area contributed by atoms with E-state index in [1.807, 2.05) is 24.3 Å². The summed E-state index contributed by atoms with van der Waals surface area (Å²) in [5.41, 5.74) is 0.813. The predicted octanol–water partition coefficient (Wildman–Crippen LogP) is 1.74. The van der Waals surface area contributed by atoms with Gasteiger partial charge in [-0.2, -0.15) is 0 Å². The molecule has 0 radical (unpaired) electrons. The summed E-state index contributed by atoms with van der Waals surface area (Å²) in [6.07, 6.45) is -0.0504. The number of esters is 1. The Morgan fingerprint density at radius 3 is 2.59 bits per heavy atom. The molecule has 1 aliphatic heterocycles. The molecule has 0 aliphatic carbocycles. The molecule has 7 heteroatoms. The summed E-state index contributed by atoms with van der Waals surface area (Å²) >= 11 is 0. The highest BCUT2D eigenvalue weighted by atomic mass is 16.6. The zero-order chi connectivity index (χ0) is 19.1. The average Bonchev–Trinajstić information content (AvgIpc) is 2.71. The van der Waals surface area contributed by atoms with Gasteiger partial charge in [0.2, 0.25) is 0 Å². The first kappa shape index (κ1) is 18.6. The van der Waals surface area contributed by atoms with Gasteiger partial charge in [0.15, 0.2) is 18.1 Å². The lowest BCUT2D eigenvalue weighted by Gasteiger charge is -2.26. The quantitative estimate of drug-likeness (QED) is 0.747. The third kappa shape index (κ3) is 5.37. The van der Waals surface area contributed by atoms with Crippen molar-refractivity contribution >= 4 is 11.9 Å². The minimum absolute atomic E-state index is 0.111. The van der Waals surface area contributed by atoms with Gasteiger partial charge < -0.3 is 24.3 Å². The van der Waals surface area contributed by atoms with Crippen LogP contribution in [0.2, 0.25) is 0 Å². The van der Waals surface area contributed by atoms with Gasteiger partial charge in [-0.15, -0.1) is 0 Å². The molecule has 0 aromatic heterocycles. The molecule has 1 unspecified atom stereocenters. The van der Waals surface area contributed by atoms with Gasteiger partial charge in [0.05, 0.1) is 20.1 Å². The summed E-state index contributed by atoms with van der Waals surface area (Å²) in [6, 6.07) is 14.4. The number of benzene rings is 2. The molecule has 0 bridgehead atoms. The van der Waals surface area contributed by atoms with E-state index in [1.54, 1.807) is 24.3 Å². The number of hydrogen-bond donors (Lipinski definition) is 1. The van der Waals surface area contributed by atoms with Gasteiger partial charge in [-0.3, -0.25) is 9.59 Å². The topological polar surface area (TPSA) is 83.1 Å². The molecule has 0 fully saturated rings. The largest absolute Gasteiger partial charge is 0.486 e. The van der Waals surface area contributed by atoms with Crippen LogP contribution < -0.4 is 19.5 Å². The number of amides is 1. The Hall–Kier alpha value is -3.22. The van der Waals surface area contributed by atoms with Crippen LogP contribution in [0.1, 0.15) is 5.56 Å². The summed E-state index contributed by atoms with van der Waals surface area (Å²) in [7, 11) is 1.35. The van der Waals surface area contributed by atoms with E-state index in [2.05, 4.69) is 10.1 Å². The Kier molecular flexibility index (Phi) is 6.14.